The van der Waals surface area contributed by atoms with E-state index >= 15 is 0 Å². The van der Waals surface area contributed by atoms with Gasteiger partial charge >= 0.3 is 11.9 Å². The lowest BCUT2D eigenvalue weighted by Gasteiger charge is -2.25. The fourth-order valence-corrected chi connectivity index (χ4v) is 3.02. The molecule has 2 rings (SSSR count). The molecule has 1 aliphatic rings. The zero-order valence-electron chi connectivity index (χ0n) is 15.3. The predicted octanol–water partition coefficient (Wildman–Crippen LogP) is 1.24. The van der Waals surface area contributed by atoms with Crippen LogP contribution in [0.3, 0.4) is 0 Å². The molecule has 0 unspecified atom stereocenters. The third-order valence-electron chi connectivity index (χ3n) is 4.49. The van der Waals surface area contributed by atoms with Crippen LogP contribution in [0.1, 0.15) is 31.2 Å². The maximum atomic E-state index is 12.4. The van der Waals surface area contributed by atoms with Gasteiger partial charge in [-0.3, -0.25) is 19.7 Å². The van der Waals surface area contributed by atoms with Crippen molar-refractivity contribution in [3.05, 3.63) is 39.9 Å². The van der Waals surface area contributed by atoms with Gasteiger partial charge in [-0.15, -0.1) is 0 Å². The van der Waals surface area contributed by atoms with E-state index in [1.165, 1.54) is 24.3 Å². The summed E-state index contributed by atoms with van der Waals surface area (Å²) >= 11 is 0. The summed E-state index contributed by atoms with van der Waals surface area (Å²) < 4.78 is 10.1. The van der Waals surface area contributed by atoms with Crippen LogP contribution in [-0.2, 0) is 23.9 Å². The van der Waals surface area contributed by atoms with Crippen molar-refractivity contribution < 1.29 is 33.9 Å². The summed E-state index contributed by atoms with van der Waals surface area (Å²) in [6.07, 6.45) is 0.183. The van der Waals surface area contributed by atoms with Crippen LogP contribution in [0.5, 0.6) is 0 Å². The number of benzene rings is 1. The molecule has 0 aliphatic carbocycles. The van der Waals surface area contributed by atoms with Gasteiger partial charge in [0.2, 0.25) is 5.91 Å². The highest BCUT2D eigenvalue weighted by Crippen LogP contribution is 2.27. The number of aliphatic carboxylic acids is 1. The highest BCUT2D eigenvalue weighted by atomic mass is 16.6. The zero-order chi connectivity index (χ0) is 20.7. The molecule has 28 heavy (non-hydrogen) atoms. The van der Waals surface area contributed by atoms with E-state index in [2.05, 4.69) is 5.32 Å². The second-order valence-corrected chi connectivity index (χ2v) is 6.35. The van der Waals surface area contributed by atoms with Crippen LogP contribution in [0.25, 0.3) is 0 Å². The van der Waals surface area contributed by atoms with Crippen molar-refractivity contribution >= 4 is 23.5 Å². The highest BCUT2D eigenvalue weighted by molar-refractivity contribution is 5.86. The van der Waals surface area contributed by atoms with Gasteiger partial charge in [-0.2, -0.15) is 0 Å². The van der Waals surface area contributed by atoms with Gasteiger partial charge in [0.05, 0.1) is 30.5 Å². The summed E-state index contributed by atoms with van der Waals surface area (Å²) in [5.74, 6) is -3.83. The molecule has 2 N–H and O–H groups in total. The van der Waals surface area contributed by atoms with Crippen LogP contribution >= 0.6 is 0 Å². The fourth-order valence-electron chi connectivity index (χ4n) is 3.02. The smallest absolute Gasteiger partial charge is 0.326 e. The fraction of sp³-hybridized carbons (Fsp3) is 0.500. The van der Waals surface area contributed by atoms with Gasteiger partial charge in [0.15, 0.2) is 0 Å². The molecule has 1 fully saturated rings. The largest absolute Gasteiger partial charge is 0.480 e. The molecule has 10 heteroatoms. The van der Waals surface area contributed by atoms with E-state index in [9.17, 15) is 29.6 Å². The van der Waals surface area contributed by atoms with E-state index in [0.29, 0.717) is 18.6 Å². The van der Waals surface area contributed by atoms with Gasteiger partial charge < -0.3 is 19.9 Å². The number of nitrogens with one attached hydrogen (secondary N) is 1. The van der Waals surface area contributed by atoms with E-state index in [0.717, 1.165) is 0 Å². The number of carboxylic acids is 1. The average molecular weight is 394 g/mol. The van der Waals surface area contributed by atoms with Gasteiger partial charge in [-0.05, 0) is 18.9 Å². The van der Waals surface area contributed by atoms with Crippen LogP contribution in [0.2, 0.25) is 0 Å². The predicted molar refractivity (Wildman–Crippen MR) is 95.6 cm³/mol. The molecular weight excluding hydrogens is 372 g/mol. The van der Waals surface area contributed by atoms with E-state index in [1.807, 2.05) is 0 Å². The number of carbonyl (C=O) groups excluding carboxylic acids is 2. The summed E-state index contributed by atoms with van der Waals surface area (Å²) in [5, 5.41) is 23.0. The number of hydrogen-bond donors (Lipinski definition) is 2. The first-order chi connectivity index (χ1) is 13.3. The Hall–Kier alpha value is -3.01. The first kappa shape index (κ1) is 21.3. The second-order valence-electron chi connectivity index (χ2n) is 6.35. The second kappa shape index (κ2) is 9.79. The summed E-state index contributed by atoms with van der Waals surface area (Å²) in [7, 11) is 0. The van der Waals surface area contributed by atoms with Crippen LogP contribution in [-0.4, -0.2) is 53.7 Å². The van der Waals surface area contributed by atoms with Crippen molar-refractivity contribution in [2.45, 2.75) is 31.7 Å². The van der Waals surface area contributed by atoms with Gasteiger partial charge in [-0.25, -0.2) is 4.79 Å². The molecule has 0 aromatic heterocycles. The lowest BCUT2D eigenvalue weighted by atomic mass is 9.87. The minimum Gasteiger partial charge on any atom is -0.480 e. The Bertz CT molecular complexity index is 728. The van der Waals surface area contributed by atoms with Crippen molar-refractivity contribution in [3.63, 3.8) is 0 Å². The normalized spacial score (nSPS) is 18.1. The summed E-state index contributed by atoms with van der Waals surface area (Å²) in [6.45, 7) is 2.37. The highest BCUT2D eigenvalue weighted by Gasteiger charge is 2.35. The molecule has 1 amide bonds. The minimum absolute atomic E-state index is 0.120. The lowest BCUT2D eigenvalue weighted by molar-refractivity contribution is -0.384. The van der Waals surface area contributed by atoms with E-state index in [4.69, 9.17) is 9.47 Å². The zero-order valence-corrected chi connectivity index (χ0v) is 15.3. The van der Waals surface area contributed by atoms with E-state index in [-0.39, 0.29) is 25.3 Å². The number of hydrogen-bond acceptors (Lipinski definition) is 7. The molecule has 1 aromatic carbocycles. The van der Waals surface area contributed by atoms with Gasteiger partial charge in [-0.1, -0.05) is 12.1 Å². The first-order valence-corrected chi connectivity index (χ1v) is 8.84. The van der Waals surface area contributed by atoms with Crippen molar-refractivity contribution in [1.29, 1.82) is 0 Å². The lowest BCUT2D eigenvalue weighted by Crippen LogP contribution is -2.47. The molecule has 0 bridgehead atoms. The van der Waals surface area contributed by atoms with Crippen molar-refractivity contribution in [2.24, 2.45) is 5.92 Å². The number of esters is 1. The minimum atomic E-state index is -1.40. The van der Waals surface area contributed by atoms with Crippen LogP contribution in [0.15, 0.2) is 24.3 Å². The molecular formula is C18H22N2O8. The Balaban J connectivity index is 2.29. The molecule has 1 aliphatic heterocycles. The van der Waals surface area contributed by atoms with E-state index in [1.54, 1.807) is 6.92 Å². The number of carbonyl (C=O) groups is 3. The number of non-ortho nitro benzene ring substituents is 1. The Morgan fingerprint density at radius 1 is 1.36 bits per heavy atom. The molecule has 152 valence electrons. The molecule has 1 aromatic rings. The van der Waals surface area contributed by atoms with Gasteiger partial charge in [0.1, 0.15) is 6.04 Å². The Labute approximate surface area is 161 Å². The van der Waals surface area contributed by atoms with Crippen molar-refractivity contribution in [3.8, 4) is 0 Å². The Morgan fingerprint density at radius 3 is 2.54 bits per heavy atom. The van der Waals surface area contributed by atoms with Gasteiger partial charge in [0, 0.05) is 24.7 Å². The number of rotatable bonds is 9. The quantitative estimate of drug-likeness (QED) is 0.361. The SMILES string of the molecule is CCOC(=O)C[C@@H](c1ccc([N+](=O)[O-])cc1)[C@@H](NC(=O)[C@@H]1CCOC1)C(=O)O. The Kier molecular flexibility index (Phi) is 7.44. The van der Waals surface area contributed by atoms with Crippen LogP contribution in [0, 0.1) is 16.0 Å². The number of ether oxygens (including phenoxy) is 2. The van der Waals surface area contributed by atoms with Gasteiger partial charge in [0.25, 0.3) is 5.69 Å². The third-order valence-corrected chi connectivity index (χ3v) is 4.49. The number of nitrogens with zero attached hydrogens (tertiary/aromatic N) is 1. The molecule has 3 atom stereocenters. The first-order valence-electron chi connectivity index (χ1n) is 8.84. The number of nitro benzene ring substituents is 1. The van der Waals surface area contributed by atoms with Crippen molar-refractivity contribution in [1.82, 2.24) is 5.32 Å². The average Bonchev–Trinajstić information content (AvgIpc) is 3.19. The standard InChI is InChI=1S/C18H22N2O8/c1-2-28-15(21)9-14(11-3-5-13(6-4-11)20(25)26)16(18(23)24)19-17(22)12-7-8-27-10-12/h3-6,12,14,16H,2,7-10H2,1H3,(H,19,22)(H,23,24)/t12-,14+,16-/m1/s1. The molecule has 0 saturated carbocycles. The summed E-state index contributed by atoms with van der Waals surface area (Å²) in [5.41, 5.74) is 0.201. The molecule has 0 radical (unpaired) electrons. The summed E-state index contributed by atoms with van der Waals surface area (Å²) in [6, 6.07) is 3.79. The van der Waals surface area contributed by atoms with Crippen LogP contribution < -0.4 is 5.32 Å². The maximum Gasteiger partial charge on any atom is 0.326 e. The summed E-state index contributed by atoms with van der Waals surface area (Å²) in [4.78, 5) is 46.5. The molecule has 1 saturated heterocycles. The van der Waals surface area contributed by atoms with E-state index < -0.39 is 40.6 Å². The monoisotopic (exact) mass is 394 g/mol. The number of carboxylic acid groups (broad SMARTS) is 1. The number of nitro groups is 1. The molecule has 10 nitrogen and oxygen atoms in total. The molecule has 0 spiro atoms. The van der Waals surface area contributed by atoms with Crippen LogP contribution in [0.4, 0.5) is 5.69 Å². The molecule has 1 heterocycles. The number of amides is 1. The van der Waals surface area contributed by atoms with Crippen molar-refractivity contribution in [2.75, 3.05) is 19.8 Å². The third kappa shape index (κ3) is 5.49. The maximum absolute atomic E-state index is 12.4. The Morgan fingerprint density at radius 2 is 2.04 bits per heavy atom. The topological polar surface area (TPSA) is 145 Å².